The minimum absolute atomic E-state index is 0.0975. The quantitative estimate of drug-likeness (QED) is 0.538. The van der Waals surface area contributed by atoms with E-state index in [0.717, 1.165) is 17.6 Å². The molecule has 0 radical (unpaired) electrons. The number of nitrogens with zero attached hydrogens (tertiary/aromatic N) is 4. The number of halogens is 2. The monoisotopic (exact) mass is 436 g/mol. The summed E-state index contributed by atoms with van der Waals surface area (Å²) in [6, 6.07) is 7.20. The molecule has 0 spiro atoms. The molecule has 0 atom stereocenters. The molecule has 4 rings (SSSR count). The highest BCUT2D eigenvalue weighted by Crippen LogP contribution is 2.29. The maximum Gasteiger partial charge on any atom is 0.175 e. The Morgan fingerprint density at radius 2 is 1.91 bits per heavy atom. The fourth-order valence-corrected chi connectivity index (χ4v) is 3.75. The average Bonchev–Trinajstić information content (AvgIpc) is 2.80. The van der Waals surface area contributed by atoms with E-state index >= 15 is 0 Å². The molecule has 8 heteroatoms. The van der Waals surface area contributed by atoms with Gasteiger partial charge in [-0.15, -0.1) is 0 Å². The third-order valence-corrected chi connectivity index (χ3v) is 5.49. The van der Waals surface area contributed by atoms with Crippen molar-refractivity contribution in [1.29, 1.82) is 0 Å². The minimum atomic E-state index is -0.635. The number of rotatable bonds is 6. The lowest BCUT2D eigenvalue weighted by Gasteiger charge is -2.30. The van der Waals surface area contributed by atoms with E-state index in [1.54, 1.807) is 24.5 Å². The van der Waals surface area contributed by atoms with Crippen LogP contribution in [0.1, 0.15) is 35.1 Å². The standard InChI is InChI=1S/C24H22F2N4O2/c1-15-8-10-30(24-19(26)6-4-9-27-24)14-17(15)20-13-28-16(12-29-20)11-21(31)23-18(25)5-3-7-22(23)32-2/h3-7,9,12-13H,8,10-11,14H2,1-2H3. The molecular weight excluding hydrogens is 414 g/mol. The SMILES string of the molecule is COc1cccc(F)c1C(=O)Cc1cnc(C2=C(C)CCN(c3ncccc3F)C2)cn1. The summed E-state index contributed by atoms with van der Waals surface area (Å²) in [6.45, 7) is 3.14. The molecule has 3 aromatic rings. The van der Waals surface area contributed by atoms with Crippen LogP contribution >= 0.6 is 0 Å². The van der Waals surface area contributed by atoms with Gasteiger partial charge in [0.2, 0.25) is 0 Å². The number of carbonyl (C=O) groups is 1. The summed E-state index contributed by atoms with van der Waals surface area (Å²) in [5.74, 6) is -0.943. The first-order valence-corrected chi connectivity index (χ1v) is 10.2. The van der Waals surface area contributed by atoms with Gasteiger partial charge in [-0.05, 0) is 43.2 Å². The molecule has 1 aromatic carbocycles. The van der Waals surface area contributed by atoms with Crippen LogP contribution in [0.25, 0.3) is 5.57 Å². The van der Waals surface area contributed by atoms with Crippen molar-refractivity contribution in [3.8, 4) is 5.75 Å². The molecule has 6 nitrogen and oxygen atoms in total. The predicted octanol–water partition coefficient (Wildman–Crippen LogP) is 4.27. The zero-order valence-corrected chi connectivity index (χ0v) is 17.8. The van der Waals surface area contributed by atoms with Gasteiger partial charge in [0.15, 0.2) is 17.4 Å². The van der Waals surface area contributed by atoms with Gasteiger partial charge in [0.25, 0.3) is 0 Å². The van der Waals surface area contributed by atoms with Crippen LogP contribution in [-0.4, -0.2) is 40.9 Å². The summed E-state index contributed by atoms with van der Waals surface area (Å²) in [5, 5.41) is 0. The predicted molar refractivity (Wildman–Crippen MR) is 117 cm³/mol. The number of pyridine rings is 1. The highest BCUT2D eigenvalue weighted by atomic mass is 19.1. The highest BCUT2D eigenvalue weighted by Gasteiger charge is 2.23. The molecule has 1 aliphatic rings. The summed E-state index contributed by atoms with van der Waals surface area (Å²) in [5.41, 5.74) is 3.07. The van der Waals surface area contributed by atoms with Gasteiger partial charge in [0.1, 0.15) is 11.6 Å². The summed E-state index contributed by atoms with van der Waals surface area (Å²) in [6.07, 6.45) is 5.33. The molecule has 0 fully saturated rings. The summed E-state index contributed by atoms with van der Waals surface area (Å²) in [7, 11) is 1.39. The third kappa shape index (κ3) is 4.34. The van der Waals surface area contributed by atoms with E-state index < -0.39 is 11.6 Å². The molecule has 3 heterocycles. The van der Waals surface area contributed by atoms with Gasteiger partial charge in [-0.2, -0.15) is 0 Å². The number of anilines is 1. The van der Waals surface area contributed by atoms with Crippen LogP contribution in [0.2, 0.25) is 0 Å². The molecule has 164 valence electrons. The molecule has 0 aliphatic carbocycles. The van der Waals surface area contributed by atoms with Gasteiger partial charge in [0.05, 0.1) is 36.7 Å². The van der Waals surface area contributed by atoms with Crippen molar-refractivity contribution in [1.82, 2.24) is 15.0 Å². The molecule has 0 saturated heterocycles. The topological polar surface area (TPSA) is 68.2 Å². The number of benzene rings is 1. The minimum Gasteiger partial charge on any atom is -0.496 e. The second-order valence-corrected chi connectivity index (χ2v) is 7.55. The maximum absolute atomic E-state index is 14.2. The number of ketones is 1. The van der Waals surface area contributed by atoms with E-state index in [1.807, 2.05) is 11.8 Å². The first kappa shape index (κ1) is 21.5. The number of aromatic nitrogens is 3. The van der Waals surface area contributed by atoms with E-state index in [-0.39, 0.29) is 23.6 Å². The molecule has 0 saturated carbocycles. The molecule has 0 bridgehead atoms. The molecular formula is C24H22F2N4O2. The normalized spacial score (nSPS) is 13.9. The van der Waals surface area contributed by atoms with Crippen molar-refractivity contribution in [3.05, 3.63) is 83.1 Å². The van der Waals surface area contributed by atoms with Crippen molar-refractivity contribution in [3.63, 3.8) is 0 Å². The summed E-state index contributed by atoms with van der Waals surface area (Å²) in [4.78, 5) is 27.5. The van der Waals surface area contributed by atoms with Crippen LogP contribution in [0, 0.1) is 11.6 Å². The Balaban J connectivity index is 1.52. The van der Waals surface area contributed by atoms with Crippen LogP contribution < -0.4 is 9.64 Å². The third-order valence-electron chi connectivity index (χ3n) is 5.49. The zero-order chi connectivity index (χ0) is 22.7. The Kier molecular flexibility index (Phi) is 6.20. The Hall–Kier alpha value is -3.68. The van der Waals surface area contributed by atoms with Crippen LogP contribution in [-0.2, 0) is 6.42 Å². The molecule has 2 aromatic heterocycles. The van der Waals surface area contributed by atoms with E-state index in [1.165, 1.54) is 31.5 Å². The number of hydrogen-bond donors (Lipinski definition) is 0. The Morgan fingerprint density at radius 1 is 1.09 bits per heavy atom. The van der Waals surface area contributed by atoms with Gasteiger partial charge >= 0.3 is 0 Å². The Morgan fingerprint density at radius 3 is 2.62 bits per heavy atom. The molecule has 32 heavy (non-hydrogen) atoms. The lowest BCUT2D eigenvalue weighted by atomic mass is 9.98. The van der Waals surface area contributed by atoms with E-state index in [9.17, 15) is 13.6 Å². The first-order chi connectivity index (χ1) is 15.5. The number of carbonyl (C=O) groups excluding carboxylic acids is 1. The van der Waals surface area contributed by atoms with Crippen molar-refractivity contribution >= 4 is 17.2 Å². The summed E-state index contributed by atoms with van der Waals surface area (Å²) < 4.78 is 33.5. The highest BCUT2D eigenvalue weighted by molar-refractivity contribution is 6.00. The van der Waals surface area contributed by atoms with Gasteiger partial charge in [-0.1, -0.05) is 11.6 Å². The number of ether oxygens (including phenoxy) is 1. The zero-order valence-electron chi connectivity index (χ0n) is 17.8. The van der Waals surface area contributed by atoms with Crippen molar-refractivity contribution in [2.45, 2.75) is 19.8 Å². The average molecular weight is 436 g/mol. The fraction of sp³-hybridized carbons (Fsp3) is 0.250. The Bertz CT molecular complexity index is 1180. The van der Waals surface area contributed by atoms with E-state index in [2.05, 4.69) is 15.0 Å². The van der Waals surface area contributed by atoms with Crippen molar-refractivity contribution < 1.29 is 18.3 Å². The first-order valence-electron chi connectivity index (χ1n) is 10.2. The lowest BCUT2D eigenvalue weighted by Crippen LogP contribution is -2.32. The maximum atomic E-state index is 14.2. The fourth-order valence-electron chi connectivity index (χ4n) is 3.75. The summed E-state index contributed by atoms with van der Waals surface area (Å²) >= 11 is 0. The van der Waals surface area contributed by atoms with Gasteiger partial charge in [0, 0.05) is 25.5 Å². The van der Waals surface area contributed by atoms with Crippen LogP contribution in [0.4, 0.5) is 14.6 Å². The second-order valence-electron chi connectivity index (χ2n) is 7.55. The second kappa shape index (κ2) is 9.21. The van der Waals surface area contributed by atoms with Crippen molar-refractivity contribution in [2.75, 3.05) is 25.1 Å². The number of Topliss-reactive ketones (excluding diaryl/α,β-unsaturated/α-hetero) is 1. The molecule has 0 N–H and O–H groups in total. The van der Waals surface area contributed by atoms with Crippen LogP contribution in [0.3, 0.4) is 0 Å². The van der Waals surface area contributed by atoms with Gasteiger partial charge in [-0.25, -0.2) is 13.8 Å². The van der Waals surface area contributed by atoms with Crippen molar-refractivity contribution in [2.24, 2.45) is 0 Å². The molecule has 0 unspecified atom stereocenters. The van der Waals surface area contributed by atoms with Crippen LogP contribution in [0.15, 0.2) is 54.5 Å². The van der Waals surface area contributed by atoms with E-state index in [0.29, 0.717) is 30.3 Å². The van der Waals surface area contributed by atoms with Gasteiger partial charge < -0.3 is 9.64 Å². The van der Waals surface area contributed by atoms with Gasteiger partial charge in [-0.3, -0.25) is 14.8 Å². The van der Waals surface area contributed by atoms with Crippen LogP contribution in [0.5, 0.6) is 5.75 Å². The molecule has 1 aliphatic heterocycles. The smallest absolute Gasteiger partial charge is 0.175 e. The lowest BCUT2D eigenvalue weighted by molar-refractivity contribution is 0.0984. The number of hydrogen-bond acceptors (Lipinski definition) is 6. The molecule has 0 amide bonds. The number of methoxy groups -OCH3 is 1. The largest absolute Gasteiger partial charge is 0.496 e. The Labute approximate surface area is 184 Å². The van der Waals surface area contributed by atoms with E-state index in [4.69, 9.17) is 4.74 Å².